The molecule has 20 heavy (non-hydrogen) atoms. The van der Waals surface area contributed by atoms with Crippen LogP contribution in [-0.4, -0.2) is 12.1 Å². The Morgan fingerprint density at radius 3 is 2.70 bits per heavy atom. The average Bonchev–Trinajstić information content (AvgIpc) is 2.81. The summed E-state index contributed by atoms with van der Waals surface area (Å²) in [6.07, 6.45) is -2.93. The van der Waals surface area contributed by atoms with Gasteiger partial charge >= 0.3 is 6.18 Å². The Morgan fingerprint density at radius 2 is 2.15 bits per heavy atom. The average molecular weight is 323 g/mol. The van der Waals surface area contributed by atoms with Gasteiger partial charge in [-0.05, 0) is 18.2 Å². The molecule has 0 fully saturated rings. The van der Waals surface area contributed by atoms with E-state index in [9.17, 15) is 13.2 Å². The van der Waals surface area contributed by atoms with Gasteiger partial charge in [0.15, 0.2) is 4.47 Å². The van der Waals surface area contributed by atoms with Gasteiger partial charge in [-0.1, -0.05) is 11.6 Å². The Labute approximate surface area is 122 Å². The number of methoxy groups -OCH3 is 1. The zero-order chi connectivity index (χ0) is 14.8. The zero-order valence-corrected chi connectivity index (χ0v) is 11.9. The van der Waals surface area contributed by atoms with Crippen molar-refractivity contribution in [3.8, 4) is 5.75 Å². The Balaban J connectivity index is 2.22. The highest BCUT2D eigenvalue weighted by molar-refractivity contribution is 7.15. The molecule has 2 aromatic rings. The summed E-state index contributed by atoms with van der Waals surface area (Å²) in [5.41, 5.74) is -0.782. The minimum absolute atomic E-state index is 0.0113. The first-order valence-electron chi connectivity index (χ1n) is 5.49. The minimum Gasteiger partial charge on any atom is -0.497 e. The summed E-state index contributed by atoms with van der Waals surface area (Å²) in [5, 5.41) is 2.74. The van der Waals surface area contributed by atoms with Gasteiger partial charge in [-0.25, -0.2) is 4.98 Å². The van der Waals surface area contributed by atoms with E-state index in [-0.39, 0.29) is 18.0 Å². The molecular formula is C12H10ClF3N2OS. The van der Waals surface area contributed by atoms with Crippen molar-refractivity contribution < 1.29 is 17.9 Å². The molecule has 0 atom stereocenters. The molecule has 1 aromatic heterocycles. The summed E-state index contributed by atoms with van der Waals surface area (Å²) in [6, 6.07) is 3.77. The van der Waals surface area contributed by atoms with Gasteiger partial charge in [-0.15, -0.1) is 11.3 Å². The number of benzene rings is 1. The van der Waals surface area contributed by atoms with Gasteiger partial charge in [0.25, 0.3) is 0 Å². The summed E-state index contributed by atoms with van der Waals surface area (Å²) in [6.45, 7) is 0.222. The number of anilines is 1. The number of thiazole rings is 1. The largest absolute Gasteiger partial charge is 0.497 e. The number of ether oxygens (including phenoxy) is 1. The first-order valence-corrected chi connectivity index (χ1v) is 6.69. The van der Waals surface area contributed by atoms with Crippen LogP contribution in [0.1, 0.15) is 10.4 Å². The number of rotatable bonds is 4. The lowest BCUT2D eigenvalue weighted by Crippen LogP contribution is -2.10. The van der Waals surface area contributed by atoms with E-state index in [0.717, 1.165) is 10.9 Å². The second-order valence-electron chi connectivity index (χ2n) is 3.84. The Bertz CT molecular complexity index is 601. The number of nitrogens with zero attached hydrogens (tertiary/aromatic N) is 1. The van der Waals surface area contributed by atoms with Gasteiger partial charge in [0.05, 0.1) is 19.2 Å². The lowest BCUT2D eigenvalue weighted by molar-refractivity contribution is -0.137. The van der Waals surface area contributed by atoms with Crippen LogP contribution in [0.3, 0.4) is 0 Å². The maximum atomic E-state index is 13.0. The van der Waals surface area contributed by atoms with Crippen molar-refractivity contribution in [3.05, 3.63) is 39.3 Å². The highest BCUT2D eigenvalue weighted by Crippen LogP contribution is 2.37. The van der Waals surface area contributed by atoms with E-state index >= 15 is 0 Å². The molecule has 0 radical (unpaired) electrons. The molecule has 0 amide bonds. The molecule has 0 aliphatic carbocycles. The molecule has 0 aliphatic rings. The Morgan fingerprint density at radius 1 is 1.40 bits per heavy atom. The normalized spacial score (nSPS) is 11.4. The van der Waals surface area contributed by atoms with Gasteiger partial charge in [-0.2, -0.15) is 13.2 Å². The summed E-state index contributed by atoms with van der Waals surface area (Å²) in [7, 11) is 1.32. The topological polar surface area (TPSA) is 34.1 Å². The van der Waals surface area contributed by atoms with Crippen LogP contribution in [0, 0.1) is 0 Å². The number of aromatic nitrogens is 1. The molecular weight excluding hydrogens is 313 g/mol. The van der Waals surface area contributed by atoms with Crippen molar-refractivity contribution in [2.75, 3.05) is 12.4 Å². The third-order valence-electron chi connectivity index (χ3n) is 2.51. The van der Waals surface area contributed by atoms with Crippen molar-refractivity contribution in [1.82, 2.24) is 4.98 Å². The van der Waals surface area contributed by atoms with Gasteiger partial charge in [0, 0.05) is 16.8 Å². The summed E-state index contributed by atoms with van der Waals surface area (Å²) in [4.78, 5) is 4.58. The summed E-state index contributed by atoms with van der Waals surface area (Å²) < 4.78 is 44.1. The zero-order valence-electron chi connectivity index (χ0n) is 10.3. The van der Waals surface area contributed by atoms with Crippen molar-refractivity contribution >= 4 is 28.6 Å². The van der Waals surface area contributed by atoms with E-state index in [0.29, 0.717) is 4.47 Å². The first-order chi connectivity index (χ1) is 9.40. The maximum absolute atomic E-state index is 13.0. The van der Waals surface area contributed by atoms with E-state index in [1.807, 2.05) is 0 Å². The second-order valence-corrected chi connectivity index (χ2v) is 5.54. The molecule has 0 aliphatic heterocycles. The van der Waals surface area contributed by atoms with Crippen LogP contribution in [-0.2, 0) is 12.7 Å². The van der Waals surface area contributed by atoms with Gasteiger partial charge in [-0.3, -0.25) is 0 Å². The fourth-order valence-electron chi connectivity index (χ4n) is 1.59. The monoisotopic (exact) mass is 322 g/mol. The highest BCUT2D eigenvalue weighted by atomic mass is 35.5. The SMILES string of the molecule is COc1ccc(NCc2cnc(Cl)s2)c(C(F)(F)F)c1. The molecule has 1 heterocycles. The predicted molar refractivity (Wildman–Crippen MR) is 72.4 cm³/mol. The molecule has 0 bridgehead atoms. The number of alkyl halides is 3. The smallest absolute Gasteiger partial charge is 0.418 e. The minimum atomic E-state index is -4.46. The van der Waals surface area contributed by atoms with E-state index in [1.165, 1.54) is 36.8 Å². The van der Waals surface area contributed by atoms with Crippen molar-refractivity contribution in [2.24, 2.45) is 0 Å². The number of hydrogen-bond donors (Lipinski definition) is 1. The van der Waals surface area contributed by atoms with Gasteiger partial charge < -0.3 is 10.1 Å². The third kappa shape index (κ3) is 3.55. The van der Waals surface area contributed by atoms with E-state index in [4.69, 9.17) is 16.3 Å². The van der Waals surface area contributed by atoms with E-state index in [1.54, 1.807) is 0 Å². The van der Waals surface area contributed by atoms with Crippen LogP contribution in [0.15, 0.2) is 24.4 Å². The van der Waals surface area contributed by atoms with Crippen molar-refractivity contribution in [3.63, 3.8) is 0 Å². The number of halogens is 4. The summed E-state index contributed by atoms with van der Waals surface area (Å²) >= 11 is 6.88. The molecule has 1 N–H and O–H groups in total. The quantitative estimate of drug-likeness (QED) is 0.904. The fraction of sp³-hybridized carbons (Fsp3) is 0.250. The molecule has 2 rings (SSSR count). The van der Waals surface area contributed by atoms with Crippen LogP contribution in [0.5, 0.6) is 5.75 Å². The fourth-order valence-corrected chi connectivity index (χ4v) is 2.50. The van der Waals surface area contributed by atoms with Crippen LogP contribution >= 0.6 is 22.9 Å². The van der Waals surface area contributed by atoms with Crippen molar-refractivity contribution in [2.45, 2.75) is 12.7 Å². The third-order valence-corrected chi connectivity index (χ3v) is 3.63. The first kappa shape index (κ1) is 14.9. The lowest BCUT2D eigenvalue weighted by Gasteiger charge is -2.15. The van der Waals surface area contributed by atoms with Crippen LogP contribution in [0.2, 0.25) is 4.47 Å². The van der Waals surface area contributed by atoms with E-state index < -0.39 is 11.7 Å². The van der Waals surface area contributed by atoms with Crippen LogP contribution in [0.25, 0.3) is 0 Å². The second kappa shape index (κ2) is 5.88. The lowest BCUT2D eigenvalue weighted by atomic mass is 10.1. The Hall–Kier alpha value is -1.47. The standard InChI is InChI=1S/C12H10ClF3N2OS/c1-19-7-2-3-10(9(4-7)12(14,15)16)17-5-8-6-18-11(13)20-8/h2-4,6,17H,5H2,1H3. The van der Waals surface area contributed by atoms with Crippen LogP contribution in [0.4, 0.5) is 18.9 Å². The van der Waals surface area contributed by atoms with E-state index in [2.05, 4.69) is 10.3 Å². The number of hydrogen-bond acceptors (Lipinski definition) is 4. The molecule has 0 saturated carbocycles. The van der Waals surface area contributed by atoms with Gasteiger partial charge in [0.1, 0.15) is 5.75 Å². The molecule has 3 nitrogen and oxygen atoms in total. The molecule has 1 aromatic carbocycles. The predicted octanol–water partition coefficient (Wildman–Crippen LogP) is 4.44. The summed E-state index contributed by atoms with van der Waals surface area (Å²) in [5.74, 6) is 0.156. The molecule has 0 unspecified atom stereocenters. The molecule has 0 saturated heterocycles. The van der Waals surface area contributed by atoms with Gasteiger partial charge in [0.2, 0.25) is 0 Å². The molecule has 0 spiro atoms. The maximum Gasteiger partial charge on any atom is 0.418 e. The molecule has 108 valence electrons. The molecule has 8 heteroatoms. The van der Waals surface area contributed by atoms with Crippen LogP contribution < -0.4 is 10.1 Å². The number of nitrogens with one attached hydrogen (secondary N) is 1. The Kier molecular flexibility index (Phi) is 4.39. The highest BCUT2D eigenvalue weighted by Gasteiger charge is 2.34. The van der Waals surface area contributed by atoms with Crippen molar-refractivity contribution in [1.29, 1.82) is 0 Å².